The smallest absolute Gasteiger partial charge is 0.147 e. The Bertz CT molecular complexity index is 736. The zero-order chi connectivity index (χ0) is 15.1. The molecular formula is C17H14N2O2. The first-order valence-electron chi connectivity index (χ1n) is 6.41. The number of nitrogens with zero attached hydrogens (tertiary/aromatic N) is 2. The third kappa shape index (κ3) is 3.82. The van der Waals surface area contributed by atoms with Crippen LogP contribution in [-0.4, -0.2) is 16.7 Å². The van der Waals surface area contributed by atoms with E-state index in [2.05, 4.69) is 16.8 Å². The predicted molar refractivity (Wildman–Crippen MR) is 78.4 cm³/mol. The average molecular weight is 278 g/mol. The van der Waals surface area contributed by atoms with Crippen molar-refractivity contribution in [2.45, 2.75) is 13.5 Å². The monoisotopic (exact) mass is 278 g/mol. The van der Waals surface area contributed by atoms with Crippen molar-refractivity contribution in [3.63, 3.8) is 0 Å². The van der Waals surface area contributed by atoms with Crippen molar-refractivity contribution in [3.05, 3.63) is 58.9 Å². The van der Waals surface area contributed by atoms with Crippen molar-refractivity contribution in [1.29, 1.82) is 5.26 Å². The molecule has 0 unspecified atom stereocenters. The van der Waals surface area contributed by atoms with Crippen LogP contribution in [0.15, 0.2) is 36.5 Å². The van der Waals surface area contributed by atoms with E-state index in [-0.39, 0.29) is 13.2 Å². The number of hydrogen-bond donors (Lipinski definition) is 1. The van der Waals surface area contributed by atoms with Crippen LogP contribution in [0.2, 0.25) is 0 Å². The summed E-state index contributed by atoms with van der Waals surface area (Å²) in [6, 6.07) is 11.3. The van der Waals surface area contributed by atoms with Crippen molar-refractivity contribution in [1.82, 2.24) is 4.98 Å². The standard InChI is InChI=1S/C17H14N2O2/c1-13-6-7-17(14(10-13)5-3-9-20)21-12-15-4-2-8-19-16(15)11-18/h2,4,6-8,10,20H,9,12H2,1H3. The molecule has 2 rings (SSSR count). The van der Waals surface area contributed by atoms with Crippen molar-refractivity contribution < 1.29 is 9.84 Å². The minimum absolute atomic E-state index is 0.200. The van der Waals surface area contributed by atoms with Crippen molar-refractivity contribution in [2.75, 3.05) is 6.61 Å². The molecule has 0 spiro atoms. The molecule has 0 atom stereocenters. The van der Waals surface area contributed by atoms with Gasteiger partial charge in [0.05, 0.1) is 5.56 Å². The van der Waals surface area contributed by atoms with Crippen molar-refractivity contribution in [3.8, 4) is 23.7 Å². The van der Waals surface area contributed by atoms with E-state index in [9.17, 15) is 0 Å². The maximum absolute atomic E-state index is 9.00. The number of aliphatic hydroxyl groups is 1. The lowest BCUT2D eigenvalue weighted by Crippen LogP contribution is -2.01. The summed E-state index contributed by atoms with van der Waals surface area (Å²) in [5.41, 5.74) is 2.85. The maximum Gasteiger partial charge on any atom is 0.147 e. The number of rotatable bonds is 3. The fourth-order valence-electron chi connectivity index (χ4n) is 1.81. The maximum atomic E-state index is 9.00. The van der Waals surface area contributed by atoms with Crippen LogP contribution in [0.1, 0.15) is 22.4 Å². The molecule has 2 aromatic rings. The lowest BCUT2D eigenvalue weighted by molar-refractivity contribution is 0.304. The Kier molecular flexibility index (Phi) is 4.93. The highest BCUT2D eigenvalue weighted by molar-refractivity contribution is 5.48. The minimum Gasteiger partial charge on any atom is -0.487 e. The van der Waals surface area contributed by atoms with Crippen LogP contribution in [0, 0.1) is 30.1 Å². The number of aliphatic hydroxyl groups excluding tert-OH is 1. The summed E-state index contributed by atoms with van der Waals surface area (Å²) in [5, 5.41) is 17.8. The number of hydrogen-bond acceptors (Lipinski definition) is 4. The molecule has 0 aliphatic heterocycles. The van der Waals surface area contributed by atoms with Gasteiger partial charge in [0, 0.05) is 11.8 Å². The van der Waals surface area contributed by atoms with Crippen LogP contribution in [0.25, 0.3) is 0 Å². The SMILES string of the molecule is Cc1ccc(OCc2cccnc2C#N)c(C#CCO)c1. The number of ether oxygens (including phenoxy) is 1. The van der Waals surface area contributed by atoms with Crippen LogP contribution in [0.4, 0.5) is 0 Å². The van der Waals surface area contributed by atoms with Gasteiger partial charge in [0.25, 0.3) is 0 Å². The average Bonchev–Trinajstić information content (AvgIpc) is 2.52. The van der Waals surface area contributed by atoms with E-state index in [1.54, 1.807) is 18.3 Å². The molecule has 1 N–H and O–H groups in total. The van der Waals surface area contributed by atoms with E-state index in [4.69, 9.17) is 15.1 Å². The molecule has 21 heavy (non-hydrogen) atoms. The van der Waals surface area contributed by atoms with E-state index in [1.807, 2.05) is 31.2 Å². The van der Waals surface area contributed by atoms with Gasteiger partial charge in [-0.1, -0.05) is 24.0 Å². The molecule has 0 saturated carbocycles. The van der Waals surface area contributed by atoms with Gasteiger partial charge >= 0.3 is 0 Å². The predicted octanol–water partition coefficient (Wildman–Crippen LogP) is 2.18. The molecular weight excluding hydrogens is 264 g/mol. The Labute approximate surface area is 123 Å². The topological polar surface area (TPSA) is 66.1 Å². The molecule has 1 aromatic carbocycles. The normalized spacial score (nSPS) is 9.38. The van der Waals surface area contributed by atoms with Crippen LogP contribution < -0.4 is 4.74 Å². The molecule has 104 valence electrons. The highest BCUT2D eigenvalue weighted by Crippen LogP contribution is 2.20. The van der Waals surface area contributed by atoms with Crippen LogP contribution in [0.5, 0.6) is 5.75 Å². The van der Waals surface area contributed by atoms with Crippen molar-refractivity contribution >= 4 is 0 Å². The molecule has 4 nitrogen and oxygen atoms in total. The molecule has 0 amide bonds. The molecule has 0 bridgehead atoms. The third-order valence-electron chi connectivity index (χ3n) is 2.82. The first-order chi connectivity index (χ1) is 10.2. The van der Waals surface area contributed by atoms with Gasteiger partial charge in [0.2, 0.25) is 0 Å². The second kappa shape index (κ2) is 7.09. The third-order valence-corrected chi connectivity index (χ3v) is 2.82. The van der Waals surface area contributed by atoms with Gasteiger partial charge in [0.15, 0.2) is 0 Å². The zero-order valence-corrected chi connectivity index (χ0v) is 11.6. The highest BCUT2D eigenvalue weighted by Gasteiger charge is 2.06. The quantitative estimate of drug-likeness (QED) is 0.874. The molecule has 1 aromatic heterocycles. The Morgan fingerprint density at radius 1 is 1.33 bits per heavy atom. The fourth-order valence-corrected chi connectivity index (χ4v) is 1.81. The van der Waals surface area contributed by atoms with Crippen LogP contribution in [-0.2, 0) is 6.61 Å². The molecule has 0 aliphatic rings. The van der Waals surface area contributed by atoms with Gasteiger partial charge in [-0.25, -0.2) is 4.98 Å². The second-order valence-electron chi connectivity index (χ2n) is 4.37. The first kappa shape index (κ1) is 14.6. The Morgan fingerprint density at radius 3 is 2.95 bits per heavy atom. The van der Waals surface area contributed by atoms with Gasteiger partial charge in [0.1, 0.15) is 30.7 Å². The summed E-state index contributed by atoms with van der Waals surface area (Å²) in [6.45, 7) is 2.00. The number of aromatic nitrogens is 1. The molecule has 0 fully saturated rings. The minimum atomic E-state index is -0.200. The highest BCUT2D eigenvalue weighted by atomic mass is 16.5. The van der Waals surface area contributed by atoms with Crippen LogP contribution in [0.3, 0.4) is 0 Å². The summed E-state index contributed by atoms with van der Waals surface area (Å²) in [6.07, 6.45) is 1.58. The van der Waals surface area contributed by atoms with Gasteiger partial charge in [-0.3, -0.25) is 0 Å². The molecule has 0 aliphatic carbocycles. The van der Waals surface area contributed by atoms with Gasteiger partial charge in [-0.15, -0.1) is 0 Å². The van der Waals surface area contributed by atoms with Gasteiger partial charge in [-0.2, -0.15) is 5.26 Å². The zero-order valence-electron chi connectivity index (χ0n) is 11.6. The van der Waals surface area contributed by atoms with E-state index in [1.165, 1.54) is 0 Å². The Balaban J connectivity index is 2.22. The molecule has 4 heteroatoms. The fraction of sp³-hybridized carbons (Fsp3) is 0.176. The lowest BCUT2D eigenvalue weighted by atomic mass is 10.1. The van der Waals surface area contributed by atoms with E-state index < -0.39 is 0 Å². The van der Waals surface area contributed by atoms with Gasteiger partial charge < -0.3 is 9.84 Å². The summed E-state index contributed by atoms with van der Waals surface area (Å²) in [4.78, 5) is 3.99. The first-order valence-corrected chi connectivity index (χ1v) is 6.41. The van der Waals surface area contributed by atoms with E-state index in [0.717, 1.165) is 11.1 Å². The van der Waals surface area contributed by atoms with Crippen LogP contribution >= 0.6 is 0 Å². The van der Waals surface area contributed by atoms with Crippen molar-refractivity contribution in [2.24, 2.45) is 0 Å². The number of aryl methyl sites for hydroxylation is 1. The summed E-state index contributed by atoms with van der Waals surface area (Å²) in [7, 11) is 0. The molecule has 1 heterocycles. The molecule has 0 saturated heterocycles. The number of pyridine rings is 1. The summed E-state index contributed by atoms with van der Waals surface area (Å²) >= 11 is 0. The molecule has 0 radical (unpaired) electrons. The summed E-state index contributed by atoms with van der Waals surface area (Å²) < 4.78 is 5.74. The van der Waals surface area contributed by atoms with E-state index in [0.29, 0.717) is 17.0 Å². The second-order valence-corrected chi connectivity index (χ2v) is 4.37. The Morgan fingerprint density at radius 2 is 2.19 bits per heavy atom. The summed E-state index contributed by atoms with van der Waals surface area (Å²) in [5.74, 6) is 6.10. The van der Waals surface area contributed by atoms with E-state index >= 15 is 0 Å². The number of nitriles is 1. The largest absolute Gasteiger partial charge is 0.487 e. The van der Waals surface area contributed by atoms with Gasteiger partial charge in [-0.05, 0) is 30.7 Å². The Hall–Kier alpha value is -2.82. The lowest BCUT2D eigenvalue weighted by Gasteiger charge is -2.09. The number of benzene rings is 1.